The summed E-state index contributed by atoms with van der Waals surface area (Å²) in [7, 11) is 1.74. The minimum Gasteiger partial charge on any atom is -0.496 e. The molecule has 0 aliphatic carbocycles. The molecule has 0 spiro atoms. The highest BCUT2D eigenvalue weighted by Gasteiger charge is 2.36. The highest BCUT2D eigenvalue weighted by molar-refractivity contribution is 5.85. The minimum absolute atomic E-state index is 0. The Bertz CT molecular complexity index is 472. The van der Waals surface area contributed by atoms with Crippen molar-refractivity contribution in [1.29, 1.82) is 0 Å². The molecule has 1 aromatic rings. The van der Waals surface area contributed by atoms with E-state index in [0.29, 0.717) is 0 Å². The van der Waals surface area contributed by atoms with E-state index in [4.69, 9.17) is 4.74 Å². The molecule has 1 N–H and O–H groups in total. The van der Waals surface area contributed by atoms with Gasteiger partial charge in [-0.25, -0.2) is 0 Å². The largest absolute Gasteiger partial charge is 0.496 e. The van der Waals surface area contributed by atoms with Crippen LogP contribution in [0.3, 0.4) is 0 Å². The van der Waals surface area contributed by atoms with Gasteiger partial charge in [-0.05, 0) is 38.8 Å². The first-order chi connectivity index (χ1) is 9.19. The molecular formula is C15H25Cl2N3O. The van der Waals surface area contributed by atoms with Gasteiger partial charge < -0.3 is 10.1 Å². The average Bonchev–Trinajstić information content (AvgIpc) is 2.94. The summed E-state index contributed by atoms with van der Waals surface area (Å²) in [6, 6.07) is 0. The molecule has 1 aromatic heterocycles. The molecule has 2 aliphatic heterocycles. The zero-order valence-electron chi connectivity index (χ0n) is 12.9. The molecule has 0 saturated carbocycles. The first-order valence-corrected chi connectivity index (χ1v) is 7.11. The second-order valence-corrected chi connectivity index (χ2v) is 5.92. The highest BCUT2D eigenvalue weighted by atomic mass is 35.5. The second-order valence-electron chi connectivity index (χ2n) is 5.92. The summed E-state index contributed by atoms with van der Waals surface area (Å²) in [5, 5.41) is 3.48. The van der Waals surface area contributed by atoms with Crippen molar-refractivity contribution < 1.29 is 4.74 Å². The minimum atomic E-state index is 0. The Hall–Kier alpha value is -0.550. The van der Waals surface area contributed by atoms with Crippen LogP contribution in [0, 0.1) is 25.7 Å². The molecule has 3 heterocycles. The number of hydrogen-bond acceptors (Lipinski definition) is 4. The lowest BCUT2D eigenvalue weighted by atomic mass is 10.0. The van der Waals surface area contributed by atoms with Crippen LogP contribution in [0.25, 0.3) is 0 Å². The number of rotatable bonds is 3. The predicted octanol–water partition coefficient (Wildman–Crippen LogP) is 2.20. The molecule has 0 amide bonds. The van der Waals surface area contributed by atoms with Crippen molar-refractivity contribution >= 4 is 24.8 Å². The fourth-order valence-corrected chi connectivity index (χ4v) is 3.52. The molecule has 0 bridgehead atoms. The molecular weight excluding hydrogens is 309 g/mol. The summed E-state index contributed by atoms with van der Waals surface area (Å²) < 4.78 is 5.49. The van der Waals surface area contributed by atoms with E-state index < -0.39 is 0 Å². The number of nitrogens with one attached hydrogen (secondary N) is 1. The average molecular weight is 334 g/mol. The van der Waals surface area contributed by atoms with Gasteiger partial charge in [-0.1, -0.05) is 0 Å². The molecule has 4 nitrogen and oxygen atoms in total. The van der Waals surface area contributed by atoms with Crippen LogP contribution in [0.1, 0.15) is 16.8 Å². The molecule has 2 saturated heterocycles. The SMILES string of the molecule is COc1c(C)cnc(CN2C[C@H]3CNC[C@H]3C2)c1C.Cl.Cl. The predicted molar refractivity (Wildman–Crippen MR) is 89.9 cm³/mol. The molecule has 0 unspecified atom stereocenters. The normalized spacial score (nSPS) is 24.1. The number of ether oxygens (including phenoxy) is 1. The fourth-order valence-electron chi connectivity index (χ4n) is 3.52. The molecule has 2 fully saturated rings. The maximum absolute atomic E-state index is 5.49. The van der Waals surface area contributed by atoms with E-state index in [1.54, 1.807) is 7.11 Å². The topological polar surface area (TPSA) is 37.4 Å². The van der Waals surface area contributed by atoms with Gasteiger partial charge in [0.2, 0.25) is 0 Å². The number of likely N-dealkylation sites (tertiary alicyclic amines) is 1. The number of hydrogen-bond donors (Lipinski definition) is 1. The van der Waals surface area contributed by atoms with E-state index in [0.717, 1.165) is 35.4 Å². The molecule has 120 valence electrons. The van der Waals surface area contributed by atoms with E-state index in [-0.39, 0.29) is 24.8 Å². The van der Waals surface area contributed by atoms with Crippen LogP contribution >= 0.6 is 24.8 Å². The molecule has 21 heavy (non-hydrogen) atoms. The Morgan fingerprint density at radius 3 is 2.43 bits per heavy atom. The Labute approximate surface area is 139 Å². The molecule has 0 radical (unpaired) electrons. The van der Waals surface area contributed by atoms with Gasteiger partial charge in [-0.3, -0.25) is 9.88 Å². The maximum Gasteiger partial charge on any atom is 0.128 e. The summed E-state index contributed by atoms with van der Waals surface area (Å²) in [5.74, 6) is 2.67. The first-order valence-electron chi connectivity index (χ1n) is 7.11. The molecule has 0 aromatic carbocycles. The number of methoxy groups -OCH3 is 1. The van der Waals surface area contributed by atoms with Crippen molar-refractivity contribution in [2.24, 2.45) is 11.8 Å². The molecule has 3 rings (SSSR count). The van der Waals surface area contributed by atoms with Crippen LogP contribution in [0.5, 0.6) is 5.75 Å². The molecule has 2 aliphatic rings. The monoisotopic (exact) mass is 333 g/mol. The number of pyridine rings is 1. The van der Waals surface area contributed by atoms with Crippen molar-refractivity contribution in [3.05, 3.63) is 23.0 Å². The van der Waals surface area contributed by atoms with Crippen LogP contribution < -0.4 is 10.1 Å². The third kappa shape index (κ3) is 3.62. The van der Waals surface area contributed by atoms with E-state index in [2.05, 4.69) is 29.0 Å². The van der Waals surface area contributed by atoms with Gasteiger partial charge in [0, 0.05) is 37.0 Å². The number of aromatic nitrogens is 1. The van der Waals surface area contributed by atoms with Crippen molar-refractivity contribution in [2.45, 2.75) is 20.4 Å². The van der Waals surface area contributed by atoms with Crippen molar-refractivity contribution in [3.63, 3.8) is 0 Å². The standard InChI is InChI=1S/C15H23N3O.2ClH/c1-10-4-17-14(11(2)15(10)19-3)9-18-7-12-5-16-6-13(12)8-18;;/h4,12-13,16H,5-9H2,1-3H3;2*1H/t12-,13+;;. The Balaban J connectivity index is 0.00000110. The summed E-state index contributed by atoms with van der Waals surface area (Å²) in [6.07, 6.45) is 1.93. The summed E-state index contributed by atoms with van der Waals surface area (Å²) in [6.45, 7) is 9.90. The van der Waals surface area contributed by atoms with Gasteiger partial charge >= 0.3 is 0 Å². The molecule has 6 heteroatoms. The van der Waals surface area contributed by atoms with Gasteiger partial charge in [-0.15, -0.1) is 24.8 Å². The van der Waals surface area contributed by atoms with Crippen LogP contribution in [0.15, 0.2) is 6.20 Å². The number of aryl methyl sites for hydroxylation is 1. The van der Waals surface area contributed by atoms with Gasteiger partial charge in [0.1, 0.15) is 5.75 Å². The summed E-state index contributed by atoms with van der Waals surface area (Å²) in [4.78, 5) is 7.15. The number of fused-ring (bicyclic) bond motifs is 1. The van der Waals surface area contributed by atoms with Crippen LogP contribution in [0.4, 0.5) is 0 Å². The zero-order chi connectivity index (χ0) is 13.4. The van der Waals surface area contributed by atoms with Crippen molar-refractivity contribution in [1.82, 2.24) is 15.2 Å². The lowest BCUT2D eigenvalue weighted by Gasteiger charge is -2.19. The first kappa shape index (κ1) is 18.5. The Morgan fingerprint density at radius 2 is 1.86 bits per heavy atom. The lowest BCUT2D eigenvalue weighted by molar-refractivity contribution is 0.300. The van der Waals surface area contributed by atoms with Crippen LogP contribution in [-0.4, -0.2) is 43.2 Å². The van der Waals surface area contributed by atoms with E-state index in [1.807, 2.05) is 6.20 Å². The van der Waals surface area contributed by atoms with Crippen LogP contribution in [-0.2, 0) is 6.54 Å². The third-order valence-electron chi connectivity index (χ3n) is 4.59. The third-order valence-corrected chi connectivity index (χ3v) is 4.59. The smallest absolute Gasteiger partial charge is 0.128 e. The van der Waals surface area contributed by atoms with E-state index in [9.17, 15) is 0 Å². The highest BCUT2D eigenvalue weighted by Crippen LogP contribution is 2.29. The summed E-state index contributed by atoms with van der Waals surface area (Å²) in [5.41, 5.74) is 3.47. The number of nitrogens with zero attached hydrogens (tertiary/aromatic N) is 2. The lowest BCUT2D eigenvalue weighted by Crippen LogP contribution is -2.26. The van der Waals surface area contributed by atoms with Crippen LogP contribution in [0.2, 0.25) is 0 Å². The van der Waals surface area contributed by atoms with Gasteiger partial charge in [0.25, 0.3) is 0 Å². The molecule has 2 atom stereocenters. The van der Waals surface area contributed by atoms with Crippen molar-refractivity contribution in [2.75, 3.05) is 33.3 Å². The number of halogens is 2. The van der Waals surface area contributed by atoms with E-state index >= 15 is 0 Å². The van der Waals surface area contributed by atoms with E-state index in [1.165, 1.54) is 31.7 Å². The zero-order valence-corrected chi connectivity index (χ0v) is 14.5. The fraction of sp³-hybridized carbons (Fsp3) is 0.667. The summed E-state index contributed by atoms with van der Waals surface area (Å²) >= 11 is 0. The quantitative estimate of drug-likeness (QED) is 0.920. The second kappa shape index (κ2) is 7.63. The van der Waals surface area contributed by atoms with Gasteiger partial charge in [0.15, 0.2) is 0 Å². The Morgan fingerprint density at radius 1 is 1.24 bits per heavy atom. The van der Waals surface area contributed by atoms with Gasteiger partial charge in [0.05, 0.1) is 12.8 Å². The van der Waals surface area contributed by atoms with Crippen molar-refractivity contribution in [3.8, 4) is 5.75 Å². The van der Waals surface area contributed by atoms with Gasteiger partial charge in [-0.2, -0.15) is 0 Å². The maximum atomic E-state index is 5.49. The Kier molecular flexibility index (Phi) is 6.72.